The van der Waals surface area contributed by atoms with E-state index in [-0.39, 0.29) is 35.4 Å². The molecule has 0 unspecified atom stereocenters. The molecule has 1 heterocycles. The fraction of sp³-hybridized carbons (Fsp3) is 0.533. The number of hydrogen-bond donors (Lipinski definition) is 2. The molecule has 0 spiro atoms. The minimum Gasteiger partial charge on any atom is -0.486 e. The van der Waals surface area contributed by atoms with Crippen molar-refractivity contribution in [3.05, 3.63) is 23.8 Å². The van der Waals surface area contributed by atoms with Gasteiger partial charge in [-0.15, -0.1) is 24.0 Å². The van der Waals surface area contributed by atoms with Crippen LogP contribution in [0.15, 0.2) is 23.2 Å². The van der Waals surface area contributed by atoms with Crippen LogP contribution in [0.4, 0.5) is 0 Å². The summed E-state index contributed by atoms with van der Waals surface area (Å²) in [5.74, 6) is 1.83. The Kier molecular flexibility index (Phi) is 5.18. The van der Waals surface area contributed by atoms with Crippen molar-refractivity contribution >= 4 is 29.9 Å². The molecule has 1 fully saturated rings. The van der Waals surface area contributed by atoms with Gasteiger partial charge < -0.3 is 20.9 Å². The van der Waals surface area contributed by atoms with Gasteiger partial charge in [0, 0.05) is 5.41 Å². The fourth-order valence-corrected chi connectivity index (χ4v) is 3.21. The van der Waals surface area contributed by atoms with Crippen LogP contribution in [0.5, 0.6) is 11.5 Å². The zero-order chi connectivity index (χ0) is 14.0. The van der Waals surface area contributed by atoms with E-state index in [0.717, 1.165) is 24.3 Å². The van der Waals surface area contributed by atoms with Gasteiger partial charge in [-0.25, -0.2) is 0 Å². The first kappa shape index (κ1) is 16.2. The molecule has 4 N–H and O–H groups in total. The molecular weight excluding hydrogens is 381 g/mol. The summed E-state index contributed by atoms with van der Waals surface area (Å²) >= 11 is 0. The lowest BCUT2D eigenvalue weighted by Gasteiger charge is -2.29. The third kappa shape index (κ3) is 3.36. The number of aliphatic imine (C=N–C) groups is 1. The van der Waals surface area contributed by atoms with E-state index in [9.17, 15) is 0 Å². The van der Waals surface area contributed by atoms with Gasteiger partial charge in [0.2, 0.25) is 0 Å². The second-order valence-electron chi connectivity index (χ2n) is 5.59. The van der Waals surface area contributed by atoms with E-state index < -0.39 is 0 Å². The standard InChI is InChI=1S/C15H21N3O2.HI/c16-14(17)18-10-15(5-1-2-6-15)11-3-4-12-13(9-11)20-8-7-19-12;/h3-4,9H,1-2,5-8,10H2,(H4,16,17,18);1H. The lowest BCUT2D eigenvalue weighted by molar-refractivity contribution is 0.171. The normalized spacial score (nSPS) is 18.7. The van der Waals surface area contributed by atoms with E-state index >= 15 is 0 Å². The largest absolute Gasteiger partial charge is 0.486 e. The van der Waals surface area contributed by atoms with E-state index in [0.29, 0.717) is 19.8 Å². The Hall–Kier alpha value is -1.18. The third-order valence-corrected chi connectivity index (χ3v) is 4.28. The molecule has 1 aromatic carbocycles. The molecule has 1 saturated carbocycles. The molecule has 21 heavy (non-hydrogen) atoms. The highest BCUT2D eigenvalue weighted by atomic mass is 127. The number of rotatable bonds is 3. The molecule has 1 aliphatic heterocycles. The number of guanidine groups is 1. The number of nitrogens with two attached hydrogens (primary N) is 2. The smallest absolute Gasteiger partial charge is 0.185 e. The van der Waals surface area contributed by atoms with Crippen LogP contribution in [0.3, 0.4) is 0 Å². The number of benzene rings is 1. The van der Waals surface area contributed by atoms with Gasteiger partial charge in [0.25, 0.3) is 0 Å². The van der Waals surface area contributed by atoms with E-state index in [1.54, 1.807) is 0 Å². The summed E-state index contributed by atoms with van der Waals surface area (Å²) in [6.45, 7) is 1.87. The van der Waals surface area contributed by atoms with Gasteiger partial charge in [0.05, 0.1) is 6.54 Å². The maximum absolute atomic E-state index is 5.68. The molecule has 5 nitrogen and oxygen atoms in total. The van der Waals surface area contributed by atoms with Crippen LogP contribution in [0.1, 0.15) is 31.2 Å². The Morgan fingerprint density at radius 2 is 1.76 bits per heavy atom. The van der Waals surface area contributed by atoms with E-state index in [2.05, 4.69) is 17.1 Å². The molecule has 6 heteroatoms. The first-order valence-corrected chi connectivity index (χ1v) is 7.15. The van der Waals surface area contributed by atoms with Crippen molar-refractivity contribution in [2.45, 2.75) is 31.1 Å². The number of ether oxygens (including phenoxy) is 2. The Balaban J connectivity index is 0.00000161. The van der Waals surface area contributed by atoms with Crippen molar-refractivity contribution in [1.29, 1.82) is 0 Å². The van der Waals surface area contributed by atoms with E-state index in [4.69, 9.17) is 20.9 Å². The zero-order valence-electron chi connectivity index (χ0n) is 12.0. The van der Waals surface area contributed by atoms with E-state index in [1.165, 1.54) is 18.4 Å². The highest BCUT2D eigenvalue weighted by Gasteiger charge is 2.36. The number of nitrogens with zero attached hydrogens (tertiary/aromatic N) is 1. The molecule has 2 aliphatic rings. The minimum absolute atomic E-state index is 0. The predicted octanol–water partition coefficient (Wildman–Crippen LogP) is 2.16. The van der Waals surface area contributed by atoms with Crippen molar-refractivity contribution in [2.24, 2.45) is 16.5 Å². The topological polar surface area (TPSA) is 82.9 Å². The fourth-order valence-electron chi connectivity index (χ4n) is 3.21. The van der Waals surface area contributed by atoms with Crippen molar-refractivity contribution in [1.82, 2.24) is 0 Å². The van der Waals surface area contributed by atoms with Crippen molar-refractivity contribution in [3.8, 4) is 11.5 Å². The molecule has 0 radical (unpaired) electrons. The van der Waals surface area contributed by atoms with Crippen LogP contribution in [0, 0.1) is 0 Å². The molecule has 1 aliphatic carbocycles. The van der Waals surface area contributed by atoms with Crippen LogP contribution in [-0.2, 0) is 5.41 Å². The maximum atomic E-state index is 5.68. The molecule has 0 aromatic heterocycles. The molecular formula is C15H22IN3O2. The van der Waals surface area contributed by atoms with Crippen LogP contribution < -0.4 is 20.9 Å². The van der Waals surface area contributed by atoms with E-state index in [1.807, 2.05) is 6.07 Å². The van der Waals surface area contributed by atoms with Gasteiger partial charge in [0.1, 0.15) is 13.2 Å². The molecule has 3 rings (SSSR count). The predicted molar refractivity (Wildman–Crippen MR) is 93.7 cm³/mol. The Labute approximate surface area is 142 Å². The monoisotopic (exact) mass is 403 g/mol. The molecule has 0 saturated heterocycles. The maximum Gasteiger partial charge on any atom is 0.185 e. The summed E-state index contributed by atoms with van der Waals surface area (Å²) < 4.78 is 11.3. The van der Waals surface area contributed by atoms with Crippen LogP contribution in [0.2, 0.25) is 0 Å². The highest BCUT2D eigenvalue weighted by Crippen LogP contribution is 2.44. The average Bonchev–Trinajstić information content (AvgIpc) is 2.95. The SMILES string of the molecule is I.NC(N)=NCC1(c2ccc3c(c2)OCCO3)CCCC1. The van der Waals surface area contributed by atoms with Crippen molar-refractivity contribution in [3.63, 3.8) is 0 Å². The summed E-state index contributed by atoms with van der Waals surface area (Å²) in [7, 11) is 0. The minimum atomic E-state index is 0. The summed E-state index contributed by atoms with van der Waals surface area (Å²) in [5.41, 5.74) is 12.3. The van der Waals surface area contributed by atoms with Crippen molar-refractivity contribution < 1.29 is 9.47 Å². The van der Waals surface area contributed by atoms with Gasteiger partial charge in [-0.1, -0.05) is 18.9 Å². The quantitative estimate of drug-likeness (QED) is 0.461. The Morgan fingerprint density at radius 3 is 2.43 bits per heavy atom. The molecule has 0 bridgehead atoms. The highest BCUT2D eigenvalue weighted by molar-refractivity contribution is 14.0. The Morgan fingerprint density at radius 1 is 1.10 bits per heavy atom. The number of fused-ring (bicyclic) bond motifs is 1. The second-order valence-corrected chi connectivity index (χ2v) is 5.59. The molecule has 116 valence electrons. The Bertz CT molecular complexity index is 524. The molecule has 0 amide bonds. The summed E-state index contributed by atoms with van der Waals surface area (Å²) in [5, 5.41) is 0. The van der Waals surface area contributed by atoms with Gasteiger partial charge in [-0.05, 0) is 30.5 Å². The van der Waals surface area contributed by atoms with Crippen LogP contribution in [-0.4, -0.2) is 25.7 Å². The van der Waals surface area contributed by atoms with Crippen LogP contribution >= 0.6 is 24.0 Å². The number of hydrogen-bond acceptors (Lipinski definition) is 3. The third-order valence-electron chi connectivity index (χ3n) is 4.28. The lowest BCUT2D eigenvalue weighted by atomic mass is 9.79. The zero-order valence-corrected chi connectivity index (χ0v) is 14.3. The summed E-state index contributed by atoms with van der Waals surface area (Å²) in [6, 6.07) is 6.22. The number of halogens is 1. The summed E-state index contributed by atoms with van der Waals surface area (Å²) in [6.07, 6.45) is 4.66. The second kappa shape index (κ2) is 6.72. The van der Waals surface area contributed by atoms with Gasteiger partial charge in [0.15, 0.2) is 17.5 Å². The first-order chi connectivity index (χ1) is 9.70. The molecule has 1 aromatic rings. The van der Waals surface area contributed by atoms with Gasteiger partial charge in [-0.3, -0.25) is 4.99 Å². The lowest BCUT2D eigenvalue weighted by Crippen LogP contribution is -2.30. The molecule has 0 atom stereocenters. The summed E-state index contributed by atoms with van der Waals surface area (Å²) in [4.78, 5) is 4.27. The van der Waals surface area contributed by atoms with Gasteiger partial charge in [-0.2, -0.15) is 0 Å². The van der Waals surface area contributed by atoms with Gasteiger partial charge >= 0.3 is 0 Å². The average molecular weight is 403 g/mol. The van der Waals surface area contributed by atoms with Crippen LogP contribution in [0.25, 0.3) is 0 Å². The van der Waals surface area contributed by atoms with Crippen molar-refractivity contribution in [2.75, 3.05) is 19.8 Å². The first-order valence-electron chi connectivity index (χ1n) is 7.15.